The van der Waals surface area contributed by atoms with E-state index in [1.165, 1.54) is 17.5 Å². The molecule has 1 saturated heterocycles. The van der Waals surface area contributed by atoms with Crippen molar-refractivity contribution >= 4 is 37.6 Å². The molecule has 21 heavy (non-hydrogen) atoms. The van der Waals surface area contributed by atoms with Gasteiger partial charge in [0.15, 0.2) is 5.75 Å². The molecule has 6 nitrogen and oxygen atoms in total. The maximum Gasteiger partial charge on any atom is 0.248 e. The third-order valence-corrected chi connectivity index (χ3v) is 5.83. The molecular formula is C12H13BrClN3O3S. The number of ether oxygens (including phenoxy) is 1. The highest BCUT2D eigenvalue weighted by Crippen LogP contribution is 2.37. The van der Waals surface area contributed by atoms with Crippen LogP contribution in [0.2, 0.25) is 5.02 Å². The summed E-state index contributed by atoms with van der Waals surface area (Å²) in [5.41, 5.74) is 0. The normalized spacial score (nSPS) is 20.0. The van der Waals surface area contributed by atoms with E-state index in [9.17, 15) is 8.42 Å². The van der Waals surface area contributed by atoms with Crippen molar-refractivity contribution in [3.05, 3.63) is 21.6 Å². The lowest BCUT2D eigenvalue weighted by Gasteiger charge is -2.31. The number of benzene rings is 1. The van der Waals surface area contributed by atoms with Gasteiger partial charge in [0.05, 0.1) is 17.7 Å². The van der Waals surface area contributed by atoms with E-state index in [1.54, 1.807) is 6.07 Å². The van der Waals surface area contributed by atoms with Gasteiger partial charge in [0, 0.05) is 24.7 Å². The summed E-state index contributed by atoms with van der Waals surface area (Å²) in [5, 5.41) is 12.4. The zero-order valence-corrected chi connectivity index (χ0v) is 14.3. The minimum Gasteiger partial charge on any atom is -0.494 e. The quantitative estimate of drug-likeness (QED) is 0.842. The molecule has 0 spiro atoms. The molecule has 0 amide bonds. The maximum atomic E-state index is 12.8. The number of hydrogen-bond donors (Lipinski definition) is 1. The number of nitrogens with one attached hydrogen (secondary N) is 1. The van der Waals surface area contributed by atoms with E-state index >= 15 is 0 Å². The predicted molar refractivity (Wildman–Crippen MR) is 81.9 cm³/mol. The zero-order valence-electron chi connectivity index (χ0n) is 11.1. The minimum atomic E-state index is -3.88. The minimum absolute atomic E-state index is 0.0495. The highest BCUT2D eigenvalue weighted by Gasteiger charge is 2.36. The molecule has 1 fully saturated rings. The number of sulfonamides is 1. The SMILES string of the molecule is COc1c(Br)cc(Cl)cc1S(=O)(=O)N1CCNCC1C#N. The summed E-state index contributed by atoms with van der Waals surface area (Å²) in [4.78, 5) is -0.0495. The van der Waals surface area contributed by atoms with Crippen LogP contribution in [0.15, 0.2) is 21.5 Å². The van der Waals surface area contributed by atoms with Gasteiger partial charge in [-0.3, -0.25) is 0 Å². The average molecular weight is 395 g/mol. The van der Waals surface area contributed by atoms with Crippen LogP contribution >= 0.6 is 27.5 Å². The molecule has 1 heterocycles. The second-order valence-corrected chi connectivity index (χ2v) is 7.53. The maximum absolute atomic E-state index is 12.8. The molecular weight excluding hydrogens is 382 g/mol. The van der Waals surface area contributed by atoms with Crippen molar-refractivity contribution in [1.82, 2.24) is 9.62 Å². The number of methoxy groups -OCH3 is 1. The number of halogens is 2. The smallest absolute Gasteiger partial charge is 0.248 e. The fourth-order valence-corrected chi connectivity index (χ4v) is 5.05. The van der Waals surface area contributed by atoms with Gasteiger partial charge >= 0.3 is 0 Å². The second-order valence-electron chi connectivity index (χ2n) is 4.38. The van der Waals surface area contributed by atoms with Crippen LogP contribution in [0.3, 0.4) is 0 Å². The average Bonchev–Trinajstić information content (AvgIpc) is 2.46. The lowest BCUT2D eigenvalue weighted by atomic mass is 10.3. The van der Waals surface area contributed by atoms with Crippen molar-refractivity contribution in [1.29, 1.82) is 5.26 Å². The lowest BCUT2D eigenvalue weighted by Crippen LogP contribution is -2.52. The molecule has 1 aliphatic rings. The highest BCUT2D eigenvalue weighted by molar-refractivity contribution is 9.10. The van der Waals surface area contributed by atoms with Crippen LogP contribution in [0.4, 0.5) is 0 Å². The third-order valence-electron chi connectivity index (χ3n) is 3.11. The summed E-state index contributed by atoms with van der Waals surface area (Å²) >= 11 is 9.19. The molecule has 114 valence electrons. The molecule has 0 aliphatic carbocycles. The molecule has 2 rings (SSSR count). The van der Waals surface area contributed by atoms with Crippen LogP contribution in [-0.2, 0) is 10.0 Å². The molecule has 1 aliphatic heterocycles. The van der Waals surface area contributed by atoms with Crippen LogP contribution in [0, 0.1) is 11.3 Å². The molecule has 0 aromatic heterocycles. The molecule has 1 atom stereocenters. The fourth-order valence-electron chi connectivity index (χ4n) is 2.14. The first-order valence-corrected chi connectivity index (χ1v) is 8.68. The highest BCUT2D eigenvalue weighted by atomic mass is 79.9. The van der Waals surface area contributed by atoms with E-state index in [1.807, 2.05) is 6.07 Å². The van der Waals surface area contributed by atoms with Gasteiger partial charge in [-0.25, -0.2) is 8.42 Å². The van der Waals surface area contributed by atoms with Crippen molar-refractivity contribution in [2.24, 2.45) is 0 Å². The first-order chi connectivity index (χ1) is 9.91. The summed E-state index contributed by atoms with van der Waals surface area (Å²) in [6.45, 7) is 0.995. The number of nitriles is 1. The van der Waals surface area contributed by atoms with Crippen molar-refractivity contribution in [2.75, 3.05) is 26.7 Å². The van der Waals surface area contributed by atoms with Gasteiger partial charge in [-0.2, -0.15) is 9.57 Å². The molecule has 9 heteroatoms. The van der Waals surface area contributed by atoms with E-state index in [-0.39, 0.29) is 22.2 Å². The standard InChI is InChI=1S/C12H13BrClN3O3S/c1-20-12-10(13)4-8(14)5-11(12)21(18,19)17-3-2-16-7-9(17)6-15/h4-5,9,16H,2-3,7H2,1H3. The number of piperazine rings is 1. The molecule has 1 aromatic carbocycles. The first-order valence-electron chi connectivity index (χ1n) is 6.07. The summed E-state index contributed by atoms with van der Waals surface area (Å²) in [7, 11) is -2.50. The van der Waals surface area contributed by atoms with Gasteiger partial charge in [0.25, 0.3) is 0 Å². The Morgan fingerprint density at radius 2 is 2.29 bits per heavy atom. The van der Waals surface area contributed by atoms with Gasteiger partial charge in [-0.05, 0) is 28.1 Å². The topological polar surface area (TPSA) is 82.4 Å². The molecule has 1 aromatic rings. The Morgan fingerprint density at radius 3 is 2.90 bits per heavy atom. The Hall–Kier alpha value is -0.850. The summed E-state index contributed by atoms with van der Waals surface area (Å²) < 4.78 is 32.4. The summed E-state index contributed by atoms with van der Waals surface area (Å²) in [6, 6.07) is 4.12. The Bertz CT molecular complexity index is 690. The van der Waals surface area contributed by atoms with Gasteiger partial charge in [-0.1, -0.05) is 11.6 Å². The zero-order chi connectivity index (χ0) is 15.6. The Labute approximate surface area is 136 Å². The van der Waals surface area contributed by atoms with Gasteiger partial charge in [0.2, 0.25) is 10.0 Å². The lowest BCUT2D eigenvalue weighted by molar-refractivity contribution is 0.309. The Balaban J connectivity index is 2.56. The van der Waals surface area contributed by atoms with Crippen molar-refractivity contribution in [3.8, 4) is 11.8 Å². The Kier molecular flexibility index (Phi) is 5.11. The number of nitrogens with zero attached hydrogens (tertiary/aromatic N) is 2. The van der Waals surface area contributed by atoms with E-state index in [0.717, 1.165) is 0 Å². The van der Waals surface area contributed by atoms with Crippen LogP contribution in [0.1, 0.15) is 0 Å². The monoisotopic (exact) mass is 393 g/mol. The summed E-state index contributed by atoms with van der Waals surface area (Å²) in [6.07, 6.45) is 0. The molecule has 1 N–H and O–H groups in total. The van der Waals surface area contributed by atoms with Gasteiger partial charge < -0.3 is 10.1 Å². The van der Waals surface area contributed by atoms with Gasteiger partial charge in [-0.15, -0.1) is 0 Å². The summed E-state index contributed by atoms with van der Waals surface area (Å²) in [5.74, 6) is 0.176. The van der Waals surface area contributed by atoms with Crippen molar-refractivity contribution in [3.63, 3.8) is 0 Å². The largest absolute Gasteiger partial charge is 0.494 e. The van der Waals surface area contributed by atoms with E-state index in [2.05, 4.69) is 21.2 Å². The van der Waals surface area contributed by atoms with E-state index in [0.29, 0.717) is 17.6 Å². The van der Waals surface area contributed by atoms with E-state index in [4.69, 9.17) is 21.6 Å². The molecule has 0 saturated carbocycles. The first kappa shape index (κ1) is 16.5. The number of hydrogen-bond acceptors (Lipinski definition) is 5. The van der Waals surface area contributed by atoms with Crippen LogP contribution in [-0.4, -0.2) is 45.5 Å². The molecule has 0 radical (unpaired) electrons. The molecule has 0 bridgehead atoms. The van der Waals surface area contributed by atoms with Crippen molar-refractivity contribution < 1.29 is 13.2 Å². The fraction of sp³-hybridized carbons (Fsp3) is 0.417. The Morgan fingerprint density at radius 1 is 1.57 bits per heavy atom. The molecule has 1 unspecified atom stereocenters. The van der Waals surface area contributed by atoms with Crippen LogP contribution < -0.4 is 10.1 Å². The van der Waals surface area contributed by atoms with Crippen molar-refractivity contribution in [2.45, 2.75) is 10.9 Å². The second kappa shape index (κ2) is 6.50. The van der Waals surface area contributed by atoms with E-state index < -0.39 is 16.1 Å². The number of rotatable bonds is 3. The van der Waals surface area contributed by atoms with Crippen LogP contribution in [0.5, 0.6) is 5.75 Å². The third kappa shape index (κ3) is 3.17. The van der Waals surface area contributed by atoms with Gasteiger partial charge in [0.1, 0.15) is 10.9 Å². The van der Waals surface area contributed by atoms with Crippen LogP contribution in [0.25, 0.3) is 0 Å². The predicted octanol–water partition coefficient (Wildman–Crippen LogP) is 1.60.